The monoisotopic (exact) mass is 799 g/mol. The zero-order valence-corrected chi connectivity index (χ0v) is 32.9. The third-order valence-electron chi connectivity index (χ3n) is 9.12. The molecule has 0 aliphatic carbocycles. The van der Waals surface area contributed by atoms with E-state index in [1.807, 2.05) is 112 Å². The van der Waals surface area contributed by atoms with E-state index in [1.54, 1.807) is 39.8 Å². The minimum atomic E-state index is -0.740. The summed E-state index contributed by atoms with van der Waals surface area (Å²) in [6.07, 6.45) is 11.8. The topological polar surface area (TPSA) is 162 Å². The number of aliphatic hydroxyl groups is 4. The van der Waals surface area contributed by atoms with Gasteiger partial charge in [0.2, 0.25) is 18.1 Å². The third kappa shape index (κ3) is 13.5. The van der Waals surface area contributed by atoms with E-state index in [0.717, 1.165) is 33.9 Å². The molecule has 4 unspecified atom stereocenters. The summed E-state index contributed by atoms with van der Waals surface area (Å²) in [4.78, 5) is 33.5. The quantitative estimate of drug-likeness (QED) is 0.0350. The van der Waals surface area contributed by atoms with Crippen molar-refractivity contribution in [2.45, 2.75) is 31.0 Å². The van der Waals surface area contributed by atoms with Gasteiger partial charge in [0.25, 0.3) is 5.91 Å². The number of aliphatic hydroxyl groups excluding tert-OH is 4. The fourth-order valence-electron chi connectivity index (χ4n) is 6.04. The van der Waals surface area contributed by atoms with Gasteiger partial charge in [-0.2, -0.15) is 4.57 Å². The van der Waals surface area contributed by atoms with Gasteiger partial charge in [-0.1, -0.05) is 70.7 Å². The summed E-state index contributed by atoms with van der Waals surface area (Å²) in [5.41, 5.74) is 5.34. The number of carbonyl (C=O) groups excluding carboxylic acids is 2. The summed E-state index contributed by atoms with van der Waals surface area (Å²) in [6, 6.07) is 21.5. The van der Waals surface area contributed by atoms with E-state index in [2.05, 4.69) is 22.2 Å². The molecule has 3 aromatic rings. The maximum Gasteiger partial charge on any atom is 0.286 e. The normalized spacial score (nSPS) is 20.1. The summed E-state index contributed by atoms with van der Waals surface area (Å²) in [5.74, 6) is 1.19. The number of aromatic nitrogens is 1. The molecule has 0 saturated carbocycles. The van der Waals surface area contributed by atoms with Gasteiger partial charge in [0.1, 0.15) is 6.54 Å². The molecule has 0 bridgehead atoms. The van der Waals surface area contributed by atoms with Crippen LogP contribution in [0.1, 0.15) is 16.8 Å². The molecule has 12 nitrogen and oxygen atoms in total. The number of benzene rings is 2. The van der Waals surface area contributed by atoms with Crippen molar-refractivity contribution in [2.75, 3.05) is 67.1 Å². The summed E-state index contributed by atoms with van der Waals surface area (Å²) in [5, 5.41) is 45.2. The average molecular weight is 800 g/mol. The standard InChI is InChI=1S/C42H50N6O6S2/c1-2-3-6-33(14-8-31-10-16-35(17-11-31)47-26-37(49)38(50)27-47)45-25-41(53)43-20-23-55-56-24-21-44-42(54)30-46-22-5-4-7-34(46)15-9-32-12-18-36(19-13-32)48-28-39(51)40(52)29-48/h2-19,22,37-40,49-52H,1,20-21,23-30H2,(H-,43,44,53,54)/p+1/b6-3-,14-8+,45-33?. The van der Waals surface area contributed by atoms with E-state index < -0.39 is 24.4 Å². The Morgan fingerprint density at radius 3 is 1.82 bits per heavy atom. The number of carbonyl (C=O) groups is 2. The molecule has 4 atom stereocenters. The number of rotatable bonds is 19. The minimum absolute atomic E-state index is 0.00861. The maximum atomic E-state index is 12.7. The van der Waals surface area contributed by atoms with E-state index in [0.29, 0.717) is 50.7 Å². The Kier molecular flexibility index (Phi) is 16.8. The number of aliphatic imine (C=N–C) groups is 1. The number of amides is 2. The van der Waals surface area contributed by atoms with Gasteiger partial charge in [-0.05, 0) is 59.7 Å². The van der Waals surface area contributed by atoms with Crippen molar-refractivity contribution in [1.29, 1.82) is 0 Å². The molecule has 5 rings (SSSR count). The second-order valence-electron chi connectivity index (χ2n) is 13.4. The number of nitrogens with zero attached hydrogens (tertiary/aromatic N) is 4. The van der Waals surface area contributed by atoms with Gasteiger partial charge < -0.3 is 40.9 Å². The lowest BCUT2D eigenvalue weighted by molar-refractivity contribution is -0.686. The molecular weight excluding hydrogens is 749 g/mol. The van der Waals surface area contributed by atoms with Gasteiger partial charge in [-0.25, -0.2) is 0 Å². The summed E-state index contributed by atoms with van der Waals surface area (Å²) < 4.78 is 1.90. The first-order chi connectivity index (χ1) is 27.2. The van der Waals surface area contributed by atoms with E-state index in [4.69, 9.17) is 0 Å². The smallest absolute Gasteiger partial charge is 0.286 e. The van der Waals surface area contributed by atoms with Crippen molar-refractivity contribution in [3.63, 3.8) is 0 Å². The van der Waals surface area contributed by atoms with Crippen LogP contribution in [0.3, 0.4) is 0 Å². The zero-order valence-electron chi connectivity index (χ0n) is 31.3. The Morgan fingerprint density at radius 2 is 1.27 bits per heavy atom. The Labute approximate surface area is 336 Å². The van der Waals surface area contributed by atoms with Crippen LogP contribution in [0.4, 0.5) is 11.4 Å². The van der Waals surface area contributed by atoms with Crippen LogP contribution in [0.2, 0.25) is 0 Å². The fraction of sp³-hybridized carbons (Fsp3) is 0.333. The van der Waals surface area contributed by atoms with Crippen molar-refractivity contribution in [1.82, 2.24) is 10.6 Å². The minimum Gasteiger partial charge on any atom is -0.389 e. The van der Waals surface area contributed by atoms with E-state index in [9.17, 15) is 30.0 Å². The van der Waals surface area contributed by atoms with Crippen LogP contribution < -0.4 is 25.0 Å². The molecule has 6 N–H and O–H groups in total. The maximum absolute atomic E-state index is 12.7. The summed E-state index contributed by atoms with van der Waals surface area (Å²) >= 11 is 0. The van der Waals surface area contributed by atoms with Crippen molar-refractivity contribution < 1.29 is 34.6 Å². The highest BCUT2D eigenvalue weighted by Gasteiger charge is 2.30. The highest BCUT2D eigenvalue weighted by molar-refractivity contribution is 8.76. The molecule has 296 valence electrons. The van der Waals surface area contributed by atoms with E-state index >= 15 is 0 Å². The van der Waals surface area contributed by atoms with E-state index in [-0.39, 0.29) is 24.9 Å². The lowest BCUT2D eigenvalue weighted by Crippen LogP contribution is -2.45. The summed E-state index contributed by atoms with van der Waals surface area (Å²) in [7, 11) is 3.27. The third-order valence-corrected chi connectivity index (χ3v) is 11.5. The number of hydrogen-bond donors (Lipinski definition) is 6. The average Bonchev–Trinajstić information content (AvgIpc) is 3.73. The number of hydrogen-bond acceptors (Lipinski definition) is 11. The zero-order chi connectivity index (χ0) is 39.7. The number of allylic oxidation sites excluding steroid dienone is 4. The molecule has 1 aromatic heterocycles. The highest BCUT2D eigenvalue weighted by atomic mass is 33.1. The second-order valence-corrected chi connectivity index (χ2v) is 16.1. The van der Waals surface area contributed by atoms with Crippen LogP contribution in [0.5, 0.6) is 0 Å². The number of β-amino-alcohol motifs (C(OH)–C–C–N with tert-alkyl or cyclic N) is 4. The van der Waals surface area contributed by atoms with Crippen LogP contribution in [-0.2, 0) is 16.1 Å². The first kappa shape index (κ1) is 42.4. The van der Waals surface area contributed by atoms with Crippen LogP contribution in [0, 0.1) is 0 Å². The fourth-order valence-corrected chi connectivity index (χ4v) is 7.85. The van der Waals surface area contributed by atoms with Gasteiger partial charge in [0.15, 0.2) is 6.20 Å². The van der Waals surface area contributed by atoms with Gasteiger partial charge >= 0.3 is 0 Å². The van der Waals surface area contributed by atoms with Gasteiger partial charge in [0.05, 0.1) is 30.1 Å². The Hall–Kier alpha value is -4.70. The SMILES string of the molecule is C=C/C=C\C(/C=C/c1ccc(N2CC(O)C(O)C2)cc1)=NCC(=O)NCCSSCCNC(=O)C[n+]1ccccc1/C=C/c1ccc(N2CC(O)C(O)C2)cc1. The van der Waals surface area contributed by atoms with Crippen LogP contribution in [0.15, 0.2) is 109 Å². The molecule has 0 radical (unpaired) electrons. The first-order valence-corrected chi connectivity index (χ1v) is 21.1. The number of nitrogens with one attached hydrogen (secondary N) is 2. The molecule has 14 heteroatoms. The van der Waals surface area contributed by atoms with Gasteiger partial charge in [-0.3, -0.25) is 14.6 Å². The predicted octanol–water partition coefficient (Wildman–Crippen LogP) is 2.74. The Morgan fingerprint density at radius 1 is 0.732 bits per heavy atom. The number of anilines is 2. The molecular formula is C42H51N6O6S2+. The van der Waals surface area contributed by atoms with Gasteiger partial charge in [0, 0.05) is 80.4 Å². The Balaban J connectivity index is 0.956. The van der Waals surface area contributed by atoms with Gasteiger partial charge in [-0.15, -0.1) is 0 Å². The molecule has 2 amide bonds. The predicted molar refractivity (Wildman–Crippen MR) is 229 cm³/mol. The van der Waals surface area contributed by atoms with Crippen molar-refractivity contribution in [3.05, 3.63) is 121 Å². The molecule has 2 fully saturated rings. The molecule has 2 aliphatic heterocycles. The molecule has 2 aromatic carbocycles. The first-order valence-electron chi connectivity index (χ1n) is 18.6. The lowest BCUT2D eigenvalue weighted by atomic mass is 10.1. The molecule has 56 heavy (non-hydrogen) atoms. The molecule has 2 saturated heterocycles. The van der Waals surface area contributed by atoms with Crippen molar-refractivity contribution in [2.24, 2.45) is 4.99 Å². The van der Waals surface area contributed by atoms with Crippen LogP contribution >= 0.6 is 21.6 Å². The molecule has 2 aliphatic rings. The Bertz CT molecular complexity index is 1850. The van der Waals surface area contributed by atoms with Crippen molar-refractivity contribution in [3.8, 4) is 0 Å². The van der Waals surface area contributed by atoms with Crippen LogP contribution in [0.25, 0.3) is 18.2 Å². The van der Waals surface area contributed by atoms with Crippen LogP contribution in [-0.4, -0.2) is 120 Å². The second kappa shape index (κ2) is 22.1. The van der Waals surface area contributed by atoms with Crippen molar-refractivity contribution >= 4 is 68.7 Å². The largest absolute Gasteiger partial charge is 0.389 e. The summed E-state index contributed by atoms with van der Waals surface area (Å²) in [6.45, 7) is 6.54. The highest BCUT2D eigenvalue weighted by Crippen LogP contribution is 2.23. The lowest BCUT2D eigenvalue weighted by Gasteiger charge is -2.17. The molecule has 3 heterocycles. The van der Waals surface area contributed by atoms with E-state index in [1.165, 1.54) is 0 Å². The number of pyridine rings is 1. The molecule has 0 spiro atoms.